The van der Waals surface area contributed by atoms with E-state index < -0.39 is 11.0 Å². The van der Waals surface area contributed by atoms with Gasteiger partial charge in [0.25, 0.3) is 0 Å². The van der Waals surface area contributed by atoms with Gasteiger partial charge in [0, 0.05) is 32.3 Å². The van der Waals surface area contributed by atoms with E-state index in [-0.39, 0.29) is 34.6 Å². The predicted octanol–water partition coefficient (Wildman–Crippen LogP) is 1.88. The van der Waals surface area contributed by atoms with E-state index in [4.69, 9.17) is 32.7 Å². The van der Waals surface area contributed by atoms with Gasteiger partial charge in [0.2, 0.25) is 0 Å². The number of methoxy groups -OCH3 is 1. The first kappa shape index (κ1) is 17.9. The molecule has 0 saturated heterocycles. The number of benzene rings is 1. The molecule has 0 radical (unpaired) electrons. The third kappa shape index (κ3) is 6.03. The number of aliphatic hydroxyl groups excluding tert-OH is 1. The molecule has 118 valence electrons. The van der Waals surface area contributed by atoms with E-state index >= 15 is 0 Å². The van der Waals surface area contributed by atoms with Gasteiger partial charge in [-0.25, -0.2) is 0 Å². The van der Waals surface area contributed by atoms with Crippen LogP contribution in [0.5, 0.6) is 5.75 Å². The van der Waals surface area contributed by atoms with E-state index in [0.717, 1.165) is 6.07 Å². The summed E-state index contributed by atoms with van der Waals surface area (Å²) in [4.78, 5) is 10.3. The van der Waals surface area contributed by atoms with E-state index in [9.17, 15) is 15.2 Å². The molecule has 0 aliphatic heterocycles. The number of halogens is 2. The molecule has 1 atom stereocenters. The summed E-state index contributed by atoms with van der Waals surface area (Å²) in [6.45, 7) is 1.27. The highest BCUT2D eigenvalue weighted by atomic mass is 35.5. The molecule has 0 aromatic heterocycles. The van der Waals surface area contributed by atoms with Gasteiger partial charge in [-0.05, 0) is 0 Å². The lowest BCUT2D eigenvalue weighted by atomic mass is 10.3. The predicted molar refractivity (Wildman–Crippen MR) is 79.4 cm³/mol. The van der Waals surface area contributed by atoms with E-state index in [2.05, 4.69) is 5.32 Å². The maximum Gasteiger partial charge on any atom is 0.312 e. The summed E-state index contributed by atoms with van der Waals surface area (Å²) in [5, 5.41) is 23.8. The molecule has 0 amide bonds. The van der Waals surface area contributed by atoms with Crippen molar-refractivity contribution >= 4 is 28.9 Å². The minimum atomic E-state index is -0.823. The highest BCUT2D eigenvalue weighted by Gasteiger charge is 2.19. The van der Waals surface area contributed by atoms with Crippen molar-refractivity contribution in [3.63, 3.8) is 0 Å². The molecule has 0 spiro atoms. The molecule has 1 unspecified atom stereocenters. The van der Waals surface area contributed by atoms with Crippen LogP contribution < -0.4 is 10.1 Å². The molecule has 1 aromatic rings. The zero-order chi connectivity index (χ0) is 15.8. The Bertz CT molecular complexity index is 487. The second-order valence-electron chi connectivity index (χ2n) is 4.15. The van der Waals surface area contributed by atoms with E-state index in [0.29, 0.717) is 13.2 Å². The van der Waals surface area contributed by atoms with Gasteiger partial charge in [-0.1, -0.05) is 23.2 Å². The van der Waals surface area contributed by atoms with Gasteiger partial charge in [-0.15, -0.1) is 0 Å². The van der Waals surface area contributed by atoms with E-state index in [1.807, 2.05) is 0 Å². The molecule has 2 N–H and O–H groups in total. The highest BCUT2D eigenvalue weighted by molar-refractivity contribution is 6.42. The molecule has 0 heterocycles. The molecule has 0 aliphatic rings. The minimum absolute atomic E-state index is 0.0367. The van der Waals surface area contributed by atoms with Crippen LogP contribution in [0.15, 0.2) is 12.1 Å². The van der Waals surface area contributed by atoms with Crippen LogP contribution in [0.25, 0.3) is 0 Å². The summed E-state index contributed by atoms with van der Waals surface area (Å²) in [7, 11) is 1.57. The van der Waals surface area contributed by atoms with Gasteiger partial charge < -0.3 is 19.9 Å². The van der Waals surface area contributed by atoms with Crippen molar-refractivity contribution in [3.05, 3.63) is 32.3 Å². The quantitative estimate of drug-likeness (QED) is 0.405. The number of rotatable bonds is 9. The molecule has 9 heteroatoms. The number of ether oxygens (including phenoxy) is 2. The summed E-state index contributed by atoms with van der Waals surface area (Å²) < 4.78 is 10.1. The zero-order valence-corrected chi connectivity index (χ0v) is 12.9. The molecule has 0 fully saturated rings. The average molecular weight is 339 g/mol. The second-order valence-corrected chi connectivity index (χ2v) is 4.97. The average Bonchev–Trinajstić information content (AvgIpc) is 2.44. The molecule has 0 saturated carbocycles. The normalized spacial score (nSPS) is 12.2. The first-order valence-electron chi connectivity index (χ1n) is 6.09. The topological polar surface area (TPSA) is 93.9 Å². The Morgan fingerprint density at radius 2 is 2.10 bits per heavy atom. The number of hydrogen-bond acceptors (Lipinski definition) is 6. The van der Waals surface area contributed by atoms with Crippen LogP contribution >= 0.6 is 23.2 Å². The summed E-state index contributed by atoms with van der Waals surface area (Å²) in [6, 6.07) is 2.37. The number of aliphatic hydroxyl groups is 1. The largest absolute Gasteiger partial charge is 0.484 e. The standard InChI is InChI=1S/C12H16Cl2N2O5/c1-20-3-2-15-6-8(17)7-21-12-5-10(14)9(13)4-11(12)16(18)19/h4-5,8,15,17H,2-3,6-7H2,1H3. The molecule has 21 heavy (non-hydrogen) atoms. The smallest absolute Gasteiger partial charge is 0.312 e. The molecule has 1 rings (SSSR count). The maximum absolute atomic E-state index is 10.9. The molecular formula is C12H16Cl2N2O5. The molecule has 1 aromatic carbocycles. The number of nitrogens with zero attached hydrogens (tertiary/aromatic N) is 1. The van der Waals surface area contributed by atoms with Gasteiger partial charge in [-0.3, -0.25) is 10.1 Å². The number of hydrogen-bond donors (Lipinski definition) is 2. The van der Waals surface area contributed by atoms with Crippen molar-refractivity contribution in [1.82, 2.24) is 5.32 Å². The van der Waals surface area contributed by atoms with Crippen molar-refractivity contribution in [2.24, 2.45) is 0 Å². The lowest BCUT2D eigenvalue weighted by molar-refractivity contribution is -0.385. The number of nitro groups is 1. The fourth-order valence-corrected chi connectivity index (χ4v) is 1.78. The van der Waals surface area contributed by atoms with Gasteiger partial charge in [0.1, 0.15) is 12.7 Å². The van der Waals surface area contributed by atoms with Gasteiger partial charge in [-0.2, -0.15) is 0 Å². The van der Waals surface area contributed by atoms with Crippen molar-refractivity contribution in [3.8, 4) is 5.75 Å². The Balaban J connectivity index is 2.58. The summed E-state index contributed by atoms with van der Waals surface area (Å²) >= 11 is 11.5. The van der Waals surface area contributed by atoms with Crippen LogP contribution in [0.4, 0.5) is 5.69 Å². The van der Waals surface area contributed by atoms with Crippen LogP contribution in [0.3, 0.4) is 0 Å². The first-order valence-corrected chi connectivity index (χ1v) is 6.85. The van der Waals surface area contributed by atoms with Crippen LogP contribution in [0, 0.1) is 10.1 Å². The van der Waals surface area contributed by atoms with Crippen molar-refractivity contribution in [1.29, 1.82) is 0 Å². The Labute approximate surface area is 131 Å². The number of nitrogens with one attached hydrogen (secondary N) is 1. The fourth-order valence-electron chi connectivity index (χ4n) is 1.46. The van der Waals surface area contributed by atoms with Crippen LogP contribution in [0.1, 0.15) is 0 Å². The molecule has 0 aliphatic carbocycles. The lowest BCUT2D eigenvalue weighted by Crippen LogP contribution is -2.33. The fraction of sp³-hybridized carbons (Fsp3) is 0.500. The van der Waals surface area contributed by atoms with Gasteiger partial charge in [0.05, 0.1) is 21.6 Å². The lowest BCUT2D eigenvalue weighted by Gasteiger charge is -2.13. The van der Waals surface area contributed by atoms with Crippen molar-refractivity contribution in [2.45, 2.75) is 6.10 Å². The van der Waals surface area contributed by atoms with Gasteiger partial charge in [0.15, 0.2) is 5.75 Å². The van der Waals surface area contributed by atoms with Crippen molar-refractivity contribution in [2.75, 3.05) is 33.4 Å². The van der Waals surface area contributed by atoms with Crippen molar-refractivity contribution < 1.29 is 19.5 Å². The Hall–Kier alpha value is -1.12. The van der Waals surface area contributed by atoms with Crippen LogP contribution in [-0.4, -0.2) is 49.5 Å². The molecule has 7 nitrogen and oxygen atoms in total. The van der Waals surface area contributed by atoms with E-state index in [1.165, 1.54) is 6.07 Å². The molecular weight excluding hydrogens is 323 g/mol. The summed E-state index contributed by atoms with van der Waals surface area (Å²) in [6.07, 6.45) is -0.823. The summed E-state index contributed by atoms with van der Waals surface area (Å²) in [5.74, 6) is -0.0367. The van der Waals surface area contributed by atoms with Crippen LogP contribution in [-0.2, 0) is 4.74 Å². The zero-order valence-electron chi connectivity index (χ0n) is 11.3. The number of nitro benzene ring substituents is 1. The maximum atomic E-state index is 10.9. The Kier molecular flexibility index (Phi) is 7.69. The Morgan fingerprint density at radius 3 is 2.71 bits per heavy atom. The van der Waals surface area contributed by atoms with E-state index in [1.54, 1.807) is 7.11 Å². The van der Waals surface area contributed by atoms with Gasteiger partial charge >= 0.3 is 5.69 Å². The first-order chi connectivity index (χ1) is 9.95. The summed E-state index contributed by atoms with van der Waals surface area (Å²) in [5.41, 5.74) is -0.302. The second kappa shape index (κ2) is 9.01. The minimum Gasteiger partial charge on any atom is -0.484 e. The Morgan fingerprint density at radius 1 is 1.43 bits per heavy atom. The van der Waals surface area contributed by atoms with Crippen LogP contribution in [0.2, 0.25) is 10.0 Å². The molecule has 0 bridgehead atoms. The SMILES string of the molecule is COCCNCC(O)COc1cc(Cl)c(Cl)cc1[N+](=O)[O-]. The third-order valence-corrected chi connectivity index (χ3v) is 3.21. The highest BCUT2D eigenvalue weighted by Crippen LogP contribution is 2.35. The third-order valence-electron chi connectivity index (χ3n) is 2.49. The monoisotopic (exact) mass is 338 g/mol.